The first-order valence-corrected chi connectivity index (χ1v) is 7.58. The van der Waals surface area contributed by atoms with Gasteiger partial charge in [0.25, 0.3) is 5.91 Å². The summed E-state index contributed by atoms with van der Waals surface area (Å²) in [4.78, 5) is 19.0. The molecule has 0 spiro atoms. The van der Waals surface area contributed by atoms with E-state index in [2.05, 4.69) is 20.9 Å². The summed E-state index contributed by atoms with van der Waals surface area (Å²) in [6.07, 6.45) is 6.26. The average molecular weight is 303 g/mol. The van der Waals surface area contributed by atoms with E-state index in [1.807, 2.05) is 4.90 Å². The molecular weight excluding hydrogens is 288 g/mol. The molecule has 1 aromatic rings. The Morgan fingerprint density at radius 3 is 2.94 bits per heavy atom. The van der Waals surface area contributed by atoms with Crippen molar-refractivity contribution < 1.29 is 4.79 Å². The van der Waals surface area contributed by atoms with E-state index in [1.165, 1.54) is 17.8 Å². The lowest BCUT2D eigenvalue weighted by atomic mass is 9.91. The molecule has 88 valence electrons. The standard InChI is InChI=1S/C11H15BrN2OS/c12-5-2-6-14(9-3-1-4-9)11(15)10-7-13-8-16-10/h7-9H,1-6H2. The van der Waals surface area contributed by atoms with E-state index in [0.29, 0.717) is 6.04 Å². The quantitative estimate of drug-likeness (QED) is 0.784. The average Bonchev–Trinajstić information content (AvgIpc) is 2.73. The summed E-state index contributed by atoms with van der Waals surface area (Å²) >= 11 is 4.85. The molecule has 1 fully saturated rings. The van der Waals surface area contributed by atoms with Crippen molar-refractivity contribution in [1.29, 1.82) is 0 Å². The van der Waals surface area contributed by atoms with Crippen molar-refractivity contribution >= 4 is 33.2 Å². The Hall–Kier alpha value is -0.420. The van der Waals surface area contributed by atoms with E-state index in [1.54, 1.807) is 11.7 Å². The highest BCUT2D eigenvalue weighted by Gasteiger charge is 2.29. The lowest BCUT2D eigenvalue weighted by molar-refractivity contribution is 0.0586. The van der Waals surface area contributed by atoms with Gasteiger partial charge in [-0.1, -0.05) is 15.9 Å². The molecule has 1 aromatic heterocycles. The largest absolute Gasteiger partial charge is 0.335 e. The van der Waals surface area contributed by atoms with Crippen molar-refractivity contribution in [2.75, 3.05) is 11.9 Å². The van der Waals surface area contributed by atoms with Crippen LogP contribution in [0, 0.1) is 0 Å². The van der Waals surface area contributed by atoms with E-state index < -0.39 is 0 Å². The van der Waals surface area contributed by atoms with Gasteiger partial charge < -0.3 is 4.90 Å². The van der Waals surface area contributed by atoms with Crippen LogP contribution in [0.15, 0.2) is 11.7 Å². The fraction of sp³-hybridized carbons (Fsp3) is 0.636. The summed E-state index contributed by atoms with van der Waals surface area (Å²) in [5, 5.41) is 0.951. The SMILES string of the molecule is O=C(c1cncs1)N(CCCBr)C1CCC1. The minimum atomic E-state index is 0.160. The van der Waals surface area contributed by atoms with E-state index in [4.69, 9.17) is 0 Å². The Morgan fingerprint density at radius 2 is 2.44 bits per heavy atom. The lowest BCUT2D eigenvalue weighted by Gasteiger charge is -2.37. The van der Waals surface area contributed by atoms with Gasteiger partial charge in [0.05, 0.1) is 11.7 Å². The highest BCUT2D eigenvalue weighted by atomic mass is 79.9. The first-order chi connectivity index (χ1) is 7.83. The number of nitrogens with zero attached hydrogens (tertiary/aromatic N) is 2. The summed E-state index contributed by atoms with van der Waals surface area (Å²) < 4.78 is 0. The smallest absolute Gasteiger partial charge is 0.265 e. The molecule has 0 aromatic carbocycles. The molecule has 16 heavy (non-hydrogen) atoms. The predicted molar refractivity (Wildman–Crippen MR) is 69.2 cm³/mol. The number of carbonyl (C=O) groups excluding carboxylic acids is 1. The van der Waals surface area contributed by atoms with Gasteiger partial charge in [-0.15, -0.1) is 11.3 Å². The van der Waals surface area contributed by atoms with Gasteiger partial charge in [-0.25, -0.2) is 0 Å². The highest BCUT2D eigenvalue weighted by molar-refractivity contribution is 9.09. The van der Waals surface area contributed by atoms with Crippen LogP contribution < -0.4 is 0 Å². The maximum atomic E-state index is 12.2. The Morgan fingerprint density at radius 1 is 1.62 bits per heavy atom. The van der Waals surface area contributed by atoms with Crippen molar-refractivity contribution in [3.63, 3.8) is 0 Å². The summed E-state index contributed by atoms with van der Waals surface area (Å²) in [5.74, 6) is 0.160. The van der Waals surface area contributed by atoms with Gasteiger partial charge in [0.1, 0.15) is 4.88 Å². The zero-order valence-corrected chi connectivity index (χ0v) is 11.5. The summed E-state index contributed by atoms with van der Waals surface area (Å²) in [7, 11) is 0. The van der Waals surface area contributed by atoms with Gasteiger partial charge in [-0.3, -0.25) is 9.78 Å². The Labute approximate surface area is 108 Å². The van der Waals surface area contributed by atoms with Crippen molar-refractivity contribution in [2.45, 2.75) is 31.7 Å². The third kappa shape index (κ3) is 2.63. The fourth-order valence-electron chi connectivity index (χ4n) is 1.84. The monoisotopic (exact) mass is 302 g/mol. The fourth-order valence-corrected chi connectivity index (χ4v) is 2.67. The zero-order chi connectivity index (χ0) is 11.4. The van der Waals surface area contributed by atoms with Crippen molar-refractivity contribution in [3.8, 4) is 0 Å². The van der Waals surface area contributed by atoms with Crippen LogP contribution in [0.3, 0.4) is 0 Å². The second-order valence-electron chi connectivity index (χ2n) is 3.99. The number of amides is 1. The lowest BCUT2D eigenvalue weighted by Crippen LogP contribution is -2.44. The molecular formula is C11H15BrN2OS. The highest BCUT2D eigenvalue weighted by Crippen LogP contribution is 2.27. The topological polar surface area (TPSA) is 33.2 Å². The molecule has 1 aliphatic carbocycles. The van der Waals surface area contributed by atoms with E-state index in [9.17, 15) is 4.79 Å². The second kappa shape index (κ2) is 5.77. The van der Waals surface area contributed by atoms with Crippen LogP contribution in [-0.4, -0.2) is 33.7 Å². The number of aromatic nitrogens is 1. The van der Waals surface area contributed by atoms with Crippen LogP contribution in [0.5, 0.6) is 0 Å². The van der Waals surface area contributed by atoms with Crippen molar-refractivity contribution in [3.05, 3.63) is 16.6 Å². The number of hydrogen-bond acceptors (Lipinski definition) is 3. The molecule has 1 saturated carbocycles. The van der Waals surface area contributed by atoms with Crippen LogP contribution in [0.1, 0.15) is 35.4 Å². The van der Waals surface area contributed by atoms with Crippen LogP contribution >= 0.6 is 27.3 Å². The first-order valence-electron chi connectivity index (χ1n) is 5.58. The molecule has 1 heterocycles. The zero-order valence-electron chi connectivity index (χ0n) is 9.06. The Bertz CT molecular complexity index is 338. The molecule has 0 bridgehead atoms. The van der Waals surface area contributed by atoms with Crippen molar-refractivity contribution in [1.82, 2.24) is 9.88 Å². The molecule has 2 rings (SSSR count). The molecule has 0 unspecified atom stereocenters. The number of carbonyl (C=O) groups is 1. The van der Waals surface area contributed by atoms with Crippen LogP contribution in [0.25, 0.3) is 0 Å². The molecule has 0 N–H and O–H groups in total. The summed E-state index contributed by atoms with van der Waals surface area (Å²) in [5.41, 5.74) is 1.72. The minimum absolute atomic E-state index is 0.160. The predicted octanol–water partition coefficient (Wildman–Crippen LogP) is 2.92. The third-order valence-corrected chi connectivity index (χ3v) is 4.27. The maximum absolute atomic E-state index is 12.2. The number of hydrogen-bond donors (Lipinski definition) is 0. The van der Waals surface area contributed by atoms with Gasteiger partial charge in [-0.2, -0.15) is 0 Å². The third-order valence-electron chi connectivity index (χ3n) is 2.95. The number of rotatable bonds is 5. The van der Waals surface area contributed by atoms with Gasteiger partial charge in [0.15, 0.2) is 0 Å². The Balaban J connectivity index is 2.02. The van der Waals surface area contributed by atoms with Gasteiger partial charge in [0.2, 0.25) is 0 Å². The normalized spacial score (nSPS) is 15.8. The van der Waals surface area contributed by atoms with Crippen LogP contribution in [0.4, 0.5) is 0 Å². The summed E-state index contributed by atoms with van der Waals surface area (Å²) in [6, 6.07) is 0.466. The molecule has 3 nitrogen and oxygen atoms in total. The van der Waals surface area contributed by atoms with Gasteiger partial charge in [-0.05, 0) is 25.7 Å². The maximum Gasteiger partial charge on any atom is 0.265 e. The molecule has 1 amide bonds. The molecule has 0 aliphatic heterocycles. The van der Waals surface area contributed by atoms with E-state index in [0.717, 1.165) is 36.0 Å². The minimum Gasteiger partial charge on any atom is -0.335 e. The van der Waals surface area contributed by atoms with Gasteiger partial charge >= 0.3 is 0 Å². The second-order valence-corrected chi connectivity index (χ2v) is 5.67. The van der Waals surface area contributed by atoms with Crippen LogP contribution in [-0.2, 0) is 0 Å². The molecule has 1 aliphatic rings. The number of thiazole rings is 1. The molecule has 5 heteroatoms. The molecule has 0 saturated heterocycles. The van der Waals surface area contributed by atoms with Crippen molar-refractivity contribution in [2.24, 2.45) is 0 Å². The Kier molecular flexibility index (Phi) is 4.35. The molecule has 0 radical (unpaired) electrons. The molecule has 0 atom stereocenters. The van der Waals surface area contributed by atoms with Crippen LogP contribution in [0.2, 0.25) is 0 Å². The first kappa shape index (κ1) is 12.0. The van der Waals surface area contributed by atoms with E-state index in [-0.39, 0.29) is 5.91 Å². The van der Waals surface area contributed by atoms with E-state index >= 15 is 0 Å². The summed E-state index contributed by atoms with van der Waals surface area (Å²) in [6.45, 7) is 0.854. The number of halogens is 1. The number of alkyl halides is 1. The van der Waals surface area contributed by atoms with Gasteiger partial charge in [0, 0.05) is 17.9 Å².